The standard InChI is InChI=1S/C10H4BrClF3N/c11-7-8(12)5-3-1-2-4-6(5)16-9(7)10(13,14)15/h1-4H. The van der Waals surface area contributed by atoms with Crippen molar-refractivity contribution in [2.24, 2.45) is 0 Å². The van der Waals surface area contributed by atoms with Crippen LogP contribution in [0.3, 0.4) is 0 Å². The molecule has 84 valence electrons. The summed E-state index contributed by atoms with van der Waals surface area (Å²) in [6.07, 6.45) is -4.52. The maximum absolute atomic E-state index is 12.6. The van der Waals surface area contributed by atoms with E-state index in [1.165, 1.54) is 6.07 Å². The van der Waals surface area contributed by atoms with Gasteiger partial charge in [-0.1, -0.05) is 29.8 Å². The monoisotopic (exact) mass is 309 g/mol. The second-order valence-corrected chi connectivity index (χ2v) is 4.27. The van der Waals surface area contributed by atoms with Crippen LogP contribution in [0.4, 0.5) is 13.2 Å². The number of para-hydroxylation sites is 1. The molecular formula is C10H4BrClF3N. The van der Waals surface area contributed by atoms with Gasteiger partial charge in [0.1, 0.15) is 0 Å². The molecular weight excluding hydrogens is 306 g/mol. The first-order chi connectivity index (χ1) is 7.41. The Morgan fingerprint density at radius 2 is 1.81 bits per heavy atom. The van der Waals surface area contributed by atoms with Crippen LogP contribution in [0.5, 0.6) is 0 Å². The van der Waals surface area contributed by atoms with Crippen molar-refractivity contribution < 1.29 is 13.2 Å². The van der Waals surface area contributed by atoms with Gasteiger partial charge in [0.05, 0.1) is 15.0 Å². The molecule has 2 rings (SSSR count). The van der Waals surface area contributed by atoms with Crippen LogP contribution in [0.15, 0.2) is 28.7 Å². The predicted molar refractivity (Wildman–Crippen MR) is 59.5 cm³/mol. The van der Waals surface area contributed by atoms with Crippen molar-refractivity contribution in [3.8, 4) is 0 Å². The zero-order valence-electron chi connectivity index (χ0n) is 7.65. The highest BCUT2D eigenvalue weighted by Crippen LogP contribution is 2.40. The fourth-order valence-electron chi connectivity index (χ4n) is 1.34. The van der Waals surface area contributed by atoms with Crippen molar-refractivity contribution >= 4 is 38.4 Å². The number of aromatic nitrogens is 1. The van der Waals surface area contributed by atoms with E-state index in [0.717, 1.165) is 0 Å². The molecule has 0 aliphatic carbocycles. The second kappa shape index (κ2) is 3.89. The van der Waals surface area contributed by atoms with Crippen molar-refractivity contribution in [2.45, 2.75) is 6.18 Å². The molecule has 0 aliphatic heterocycles. The first kappa shape index (κ1) is 11.7. The molecule has 0 amide bonds. The van der Waals surface area contributed by atoms with Gasteiger partial charge in [0.2, 0.25) is 0 Å². The Kier molecular flexibility index (Phi) is 2.84. The average molecular weight is 310 g/mol. The minimum Gasteiger partial charge on any atom is -0.242 e. The summed E-state index contributed by atoms with van der Waals surface area (Å²) in [4.78, 5) is 3.55. The Hall–Kier alpha value is -0.810. The largest absolute Gasteiger partial charge is 0.434 e. The van der Waals surface area contributed by atoms with Gasteiger partial charge in [-0.3, -0.25) is 0 Å². The molecule has 1 aromatic carbocycles. The van der Waals surface area contributed by atoms with Crippen LogP contribution in [0.1, 0.15) is 5.69 Å². The van der Waals surface area contributed by atoms with Crippen LogP contribution in [-0.4, -0.2) is 4.98 Å². The maximum Gasteiger partial charge on any atom is 0.434 e. The molecule has 0 aliphatic rings. The molecule has 1 heterocycles. The molecule has 1 nitrogen and oxygen atoms in total. The number of nitrogens with zero attached hydrogens (tertiary/aromatic N) is 1. The molecule has 0 radical (unpaired) electrons. The van der Waals surface area contributed by atoms with Crippen molar-refractivity contribution in [3.63, 3.8) is 0 Å². The molecule has 0 saturated heterocycles. The van der Waals surface area contributed by atoms with Crippen LogP contribution in [0.25, 0.3) is 10.9 Å². The molecule has 0 spiro atoms. The third-order valence-corrected chi connectivity index (χ3v) is 3.43. The van der Waals surface area contributed by atoms with Gasteiger partial charge < -0.3 is 0 Å². The van der Waals surface area contributed by atoms with E-state index in [2.05, 4.69) is 20.9 Å². The van der Waals surface area contributed by atoms with Crippen molar-refractivity contribution in [3.05, 3.63) is 39.5 Å². The van der Waals surface area contributed by atoms with Crippen LogP contribution < -0.4 is 0 Å². The van der Waals surface area contributed by atoms with Gasteiger partial charge >= 0.3 is 6.18 Å². The summed E-state index contributed by atoms with van der Waals surface area (Å²) >= 11 is 8.67. The van der Waals surface area contributed by atoms with Crippen molar-refractivity contribution in [2.75, 3.05) is 0 Å². The highest BCUT2D eigenvalue weighted by atomic mass is 79.9. The molecule has 0 saturated carbocycles. The van der Waals surface area contributed by atoms with E-state index in [0.29, 0.717) is 5.39 Å². The van der Waals surface area contributed by atoms with Crippen LogP contribution in [0, 0.1) is 0 Å². The molecule has 0 unspecified atom stereocenters. The number of rotatable bonds is 0. The SMILES string of the molecule is FC(F)(F)c1nc2ccccc2c(Cl)c1Br. The minimum absolute atomic E-state index is 0.0259. The third kappa shape index (κ3) is 1.89. The van der Waals surface area contributed by atoms with Gasteiger partial charge in [0, 0.05) is 5.39 Å². The van der Waals surface area contributed by atoms with E-state index >= 15 is 0 Å². The summed E-state index contributed by atoms with van der Waals surface area (Å²) < 4.78 is 37.6. The van der Waals surface area contributed by atoms with Crippen LogP contribution in [-0.2, 0) is 6.18 Å². The summed E-state index contributed by atoms with van der Waals surface area (Å²) in [5.74, 6) is 0. The fraction of sp³-hybridized carbons (Fsp3) is 0.100. The van der Waals surface area contributed by atoms with E-state index in [1.807, 2.05) is 0 Å². The summed E-state index contributed by atoms with van der Waals surface area (Å²) in [5, 5.41) is 0.516. The molecule has 1 aromatic heterocycles. The predicted octanol–water partition coefficient (Wildman–Crippen LogP) is 4.67. The van der Waals surface area contributed by atoms with Gasteiger partial charge in [-0.25, -0.2) is 4.98 Å². The average Bonchev–Trinajstić information content (AvgIpc) is 2.22. The highest BCUT2D eigenvalue weighted by molar-refractivity contribution is 9.10. The van der Waals surface area contributed by atoms with Crippen molar-refractivity contribution in [1.82, 2.24) is 4.98 Å². The van der Waals surface area contributed by atoms with Crippen LogP contribution in [0.2, 0.25) is 5.02 Å². The Morgan fingerprint density at radius 3 is 2.44 bits per heavy atom. The van der Waals surface area contributed by atoms with Gasteiger partial charge in [-0.05, 0) is 22.0 Å². The lowest BCUT2D eigenvalue weighted by molar-refractivity contribution is -0.141. The number of pyridine rings is 1. The molecule has 6 heteroatoms. The summed E-state index contributed by atoms with van der Waals surface area (Å²) in [6.45, 7) is 0. The number of alkyl halides is 3. The van der Waals surface area contributed by atoms with E-state index in [9.17, 15) is 13.2 Å². The zero-order valence-corrected chi connectivity index (χ0v) is 9.99. The van der Waals surface area contributed by atoms with E-state index in [-0.39, 0.29) is 15.0 Å². The first-order valence-corrected chi connectivity index (χ1v) is 5.39. The Morgan fingerprint density at radius 1 is 1.19 bits per heavy atom. The molecule has 0 atom stereocenters. The second-order valence-electron chi connectivity index (χ2n) is 3.10. The molecule has 0 N–H and O–H groups in total. The minimum atomic E-state index is -4.52. The number of halogens is 5. The fourth-order valence-corrected chi connectivity index (χ4v) is 2.11. The molecule has 16 heavy (non-hydrogen) atoms. The van der Waals surface area contributed by atoms with Gasteiger partial charge in [-0.15, -0.1) is 0 Å². The molecule has 0 fully saturated rings. The number of benzene rings is 1. The van der Waals surface area contributed by atoms with Crippen LogP contribution >= 0.6 is 27.5 Å². The highest BCUT2D eigenvalue weighted by Gasteiger charge is 2.36. The number of hydrogen-bond donors (Lipinski definition) is 0. The Balaban J connectivity index is 2.84. The summed E-state index contributed by atoms with van der Waals surface area (Å²) in [5.41, 5.74) is -0.778. The summed E-state index contributed by atoms with van der Waals surface area (Å²) in [6, 6.07) is 6.41. The third-order valence-electron chi connectivity index (χ3n) is 2.04. The summed E-state index contributed by atoms with van der Waals surface area (Å²) in [7, 11) is 0. The smallest absolute Gasteiger partial charge is 0.242 e. The first-order valence-electron chi connectivity index (χ1n) is 4.22. The maximum atomic E-state index is 12.6. The number of hydrogen-bond acceptors (Lipinski definition) is 1. The molecule has 0 bridgehead atoms. The normalized spacial score (nSPS) is 12.1. The molecule has 2 aromatic rings. The lowest BCUT2D eigenvalue weighted by Gasteiger charge is -2.11. The van der Waals surface area contributed by atoms with Crippen molar-refractivity contribution in [1.29, 1.82) is 0 Å². The zero-order chi connectivity index (χ0) is 11.9. The number of fused-ring (bicyclic) bond motifs is 1. The quantitative estimate of drug-likeness (QED) is 0.689. The van der Waals surface area contributed by atoms with E-state index < -0.39 is 11.9 Å². The Bertz CT molecular complexity index is 553. The topological polar surface area (TPSA) is 12.9 Å². The van der Waals surface area contributed by atoms with E-state index in [1.54, 1.807) is 18.2 Å². The Labute approximate surface area is 102 Å². The van der Waals surface area contributed by atoms with E-state index in [4.69, 9.17) is 11.6 Å². The lowest BCUT2D eigenvalue weighted by atomic mass is 10.2. The lowest BCUT2D eigenvalue weighted by Crippen LogP contribution is -2.09. The van der Waals surface area contributed by atoms with Gasteiger partial charge in [0.15, 0.2) is 5.69 Å². The van der Waals surface area contributed by atoms with Gasteiger partial charge in [-0.2, -0.15) is 13.2 Å². The van der Waals surface area contributed by atoms with Gasteiger partial charge in [0.25, 0.3) is 0 Å².